The minimum atomic E-state index is -0.120. The van der Waals surface area contributed by atoms with Gasteiger partial charge in [-0.2, -0.15) is 0 Å². The SMILES string of the molecule is Oc1ccc(N2C(=S)N[C@@H](c3ccccn3)[C@H]2c2cccn2-c2ccccc2)cc1. The van der Waals surface area contributed by atoms with E-state index in [4.69, 9.17) is 12.2 Å². The number of rotatable bonds is 4. The Morgan fingerprint density at radius 1 is 0.833 bits per heavy atom. The lowest BCUT2D eigenvalue weighted by Gasteiger charge is -2.29. The average molecular weight is 413 g/mol. The summed E-state index contributed by atoms with van der Waals surface area (Å²) in [5.74, 6) is 0.224. The topological polar surface area (TPSA) is 53.3 Å². The van der Waals surface area contributed by atoms with E-state index in [1.54, 1.807) is 18.3 Å². The van der Waals surface area contributed by atoms with Crippen molar-refractivity contribution in [2.24, 2.45) is 0 Å². The summed E-state index contributed by atoms with van der Waals surface area (Å²) in [4.78, 5) is 6.70. The molecular weight excluding hydrogens is 392 g/mol. The number of hydrogen-bond donors (Lipinski definition) is 2. The van der Waals surface area contributed by atoms with Crippen molar-refractivity contribution in [3.8, 4) is 11.4 Å². The average Bonchev–Trinajstić information content (AvgIpc) is 3.40. The van der Waals surface area contributed by atoms with Crippen molar-refractivity contribution in [3.05, 3.63) is 109 Å². The van der Waals surface area contributed by atoms with Crippen LogP contribution in [-0.4, -0.2) is 19.8 Å². The molecule has 0 amide bonds. The van der Waals surface area contributed by atoms with Crippen LogP contribution in [0.4, 0.5) is 5.69 Å². The van der Waals surface area contributed by atoms with E-state index in [0.29, 0.717) is 5.11 Å². The molecule has 2 aromatic carbocycles. The number of benzene rings is 2. The van der Waals surface area contributed by atoms with Crippen molar-refractivity contribution in [2.75, 3.05) is 4.90 Å². The molecule has 4 aromatic rings. The van der Waals surface area contributed by atoms with Crippen LogP contribution in [0, 0.1) is 0 Å². The number of nitrogens with one attached hydrogen (secondary N) is 1. The van der Waals surface area contributed by atoms with E-state index in [0.717, 1.165) is 22.8 Å². The number of pyridine rings is 1. The van der Waals surface area contributed by atoms with Gasteiger partial charge >= 0.3 is 0 Å². The van der Waals surface area contributed by atoms with E-state index in [-0.39, 0.29) is 17.8 Å². The van der Waals surface area contributed by atoms with Crippen molar-refractivity contribution >= 4 is 23.0 Å². The maximum Gasteiger partial charge on any atom is 0.174 e. The highest BCUT2D eigenvalue weighted by molar-refractivity contribution is 7.80. The number of anilines is 1. The summed E-state index contributed by atoms with van der Waals surface area (Å²) in [5.41, 5.74) is 4.01. The predicted molar refractivity (Wildman–Crippen MR) is 122 cm³/mol. The highest BCUT2D eigenvalue weighted by Gasteiger charge is 2.42. The Labute approximate surface area is 180 Å². The van der Waals surface area contributed by atoms with Crippen molar-refractivity contribution in [2.45, 2.75) is 12.1 Å². The number of nitrogens with zero attached hydrogens (tertiary/aromatic N) is 3. The van der Waals surface area contributed by atoms with E-state index in [1.165, 1.54) is 0 Å². The normalized spacial score (nSPS) is 18.4. The molecule has 0 bridgehead atoms. The van der Waals surface area contributed by atoms with E-state index < -0.39 is 0 Å². The molecule has 0 spiro atoms. The van der Waals surface area contributed by atoms with E-state index in [2.05, 4.69) is 44.2 Å². The second-order valence-corrected chi connectivity index (χ2v) is 7.54. The zero-order chi connectivity index (χ0) is 20.5. The van der Waals surface area contributed by atoms with Crippen LogP contribution in [0.15, 0.2) is 97.3 Å². The lowest BCUT2D eigenvalue weighted by molar-refractivity contribution is 0.475. The number of phenolic OH excluding ortho intramolecular Hbond substituents is 1. The van der Waals surface area contributed by atoms with Gasteiger partial charge in [-0.05, 0) is 72.9 Å². The molecule has 2 N–H and O–H groups in total. The molecule has 5 rings (SSSR count). The summed E-state index contributed by atoms with van der Waals surface area (Å²) in [5, 5.41) is 13.9. The van der Waals surface area contributed by atoms with Crippen molar-refractivity contribution in [1.29, 1.82) is 0 Å². The Morgan fingerprint density at radius 3 is 2.33 bits per heavy atom. The minimum Gasteiger partial charge on any atom is -0.508 e. The lowest BCUT2D eigenvalue weighted by atomic mass is 10.0. The van der Waals surface area contributed by atoms with Crippen LogP contribution < -0.4 is 10.2 Å². The van der Waals surface area contributed by atoms with Gasteiger partial charge < -0.3 is 19.9 Å². The Balaban J connectivity index is 1.67. The summed E-state index contributed by atoms with van der Waals surface area (Å²) >= 11 is 5.76. The Kier molecular flexibility index (Phi) is 4.69. The minimum absolute atomic E-state index is 0.118. The first-order chi connectivity index (χ1) is 14.7. The van der Waals surface area contributed by atoms with Gasteiger partial charge in [0.2, 0.25) is 0 Å². The van der Waals surface area contributed by atoms with Gasteiger partial charge in [0, 0.05) is 29.5 Å². The molecule has 3 heterocycles. The molecular formula is C24H20N4OS. The molecule has 6 heteroatoms. The molecule has 0 radical (unpaired) electrons. The summed E-state index contributed by atoms with van der Waals surface area (Å²) in [6, 6.07) is 27.2. The van der Waals surface area contributed by atoms with Gasteiger partial charge in [0.15, 0.2) is 5.11 Å². The van der Waals surface area contributed by atoms with Crippen LogP contribution in [0.2, 0.25) is 0 Å². The maximum atomic E-state index is 9.76. The molecule has 0 aliphatic carbocycles. The molecule has 30 heavy (non-hydrogen) atoms. The zero-order valence-corrected chi connectivity index (χ0v) is 16.9. The van der Waals surface area contributed by atoms with Crippen molar-refractivity contribution < 1.29 is 5.11 Å². The first kappa shape index (κ1) is 18.4. The molecule has 1 fully saturated rings. The van der Waals surface area contributed by atoms with Crippen LogP contribution >= 0.6 is 12.2 Å². The molecule has 1 aliphatic rings. The van der Waals surface area contributed by atoms with Gasteiger partial charge in [0.1, 0.15) is 11.8 Å². The number of thiocarbonyl (C=S) groups is 1. The van der Waals surface area contributed by atoms with Gasteiger partial charge in [0.05, 0.1) is 11.7 Å². The summed E-state index contributed by atoms with van der Waals surface area (Å²) in [7, 11) is 0. The number of aromatic hydroxyl groups is 1. The maximum absolute atomic E-state index is 9.76. The third-order valence-corrected chi connectivity index (χ3v) is 5.66. The molecule has 148 valence electrons. The molecule has 5 nitrogen and oxygen atoms in total. The number of para-hydroxylation sites is 1. The standard InChI is InChI=1S/C24H20N4OS/c29-19-13-11-18(12-14-19)28-23(22(26-24(28)30)20-9-4-5-15-25-20)21-10-6-16-27(21)17-7-2-1-3-8-17/h1-16,22-23,29H,(H,26,30)/t22-,23+/m0/s1. The van der Waals surface area contributed by atoms with Gasteiger partial charge in [-0.3, -0.25) is 4.98 Å². The van der Waals surface area contributed by atoms with Crippen LogP contribution in [0.5, 0.6) is 5.75 Å². The van der Waals surface area contributed by atoms with Crippen LogP contribution in [0.1, 0.15) is 23.5 Å². The second-order valence-electron chi connectivity index (χ2n) is 7.15. The van der Waals surface area contributed by atoms with E-state index in [9.17, 15) is 5.11 Å². The molecule has 1 aliphatic heterocycles. The smallest absolute Gasteiger partial charge is 0.174 e. The van der Waals surface area contributed by atoms with Crippen molar-refractivity contribution in [3.63, 3.8) is 0 Å². The number of phenols is 1. The monoisotopic (exact) mass is 412 g/mol. The largest absolute Gasteiger partial charge is 0.508 e. The number of hydrogen-bond acceptors (Lipinski definition) is 3. The molecule has 2 atom stereocenters. The van der Waals surface area contributed by atoms with Gasteiger partial charge in [0.25, 0.3) is 0 Å². The van der Waals surface area contributed by atoms with Crippen LogP contribution in [-0.2, 0) is 0 Å². The fourth-order valence-corrected chi connectivity index (χ4v) is 4.35. The molecule has 2 aromatic heterocycles. The van der Waals surface area contributed by atoms with Gasteiger partial charge in [-0.1, -0.05) is 24.3 Å². The third-order valence-electron chi connectivity index (χ3n) is 5.34. The second kappa shape index (κ2) is 7.65. The lowest BCUT2D eigenvalue weighted by Crippen LogP contribution is -2.30. The first-order valence-electron chi connectivity index (χ1n) is 9.75. The summed E-state index contributed by atoms with van der Waals surface area (Å²) in [6.07, 6.45) is 3.87. The quantitative estimate of drug-likeness (QED) is 0.474. The fourth-order valence-electron chi connectivity index (χ4n) is 4.01. The molecule has 1 saturated heterocycles. The number of aromatic nitrogens is 2. The van der Waals surface area contributed by atoms with Crippen LogP contribution in [0.3, 0.4) is 0 Å². The molecule has 0 unspecified atom stereocenters. The van der Waals surface area contributed by atoms with E-state index in [1.807, 2.05) is 54.6 Å². The van der Waals surface area contributed by atoms with Gasteiger partial charge in [-0.25, -0.2) is 0 Å². The fraction of sp³-hybridized carbons (Fsp3) is 0.0833. The third kappa shape index (κ3) is 3.21. The van der Waals surface area contributed by atoms with Crippen molar-refractivity contribution in [1.82, 2.24) is 14.9 Å². The molecule has 0 saturated carbocycles. The Hall–Kier alpha value is -3.64. The van der Waals surface area contributed by atoms with Crippen LogP contribution in [0.25, 0.3) is 5.69 Å². The highest BCUT2D eigenvalue weighted by atomic mass is 32.1. The zero-order valence-electron chi connectivity index (χ0n) is 16.1. The Morgan fingerprint density at radius 2 is 1.60 bits per heavy atom. The Bertz CT molecular complexity index is 1160. The summed E-state index contributed by atoms with van der Waals surface area (Å²) < 4.78 is 2.18. The van der Waals surface area contributed by atoms with E-state index >= 15 is 0 Å². The summed E-state index contributed by atoms with van der Waals surface area (Å²) in [6.45, 7) is 0. The van der Waals surface area contributed by atoms with Gasteiger partial charge in [-0.15, -0.1) is 0 Å². The first-order valence-corrected chi connectivity index (χ1v) is 10.2. The highest BCUT2D eigenvalue weighted by Crippen LogP contribution is 2.42. The predicted octanol–water partition coefficient (Wildman–Crippen LogP) is 4.76.